The Labute approximate surface area is 238 Å². The summed E-state index contributed by atoms with van der Waals surface area (Å²) in [5, 5.41) is 0. The molecule has 0 aliphatic carbocycles. The van der Waals surface area contributed by atoms with E-state index in [0.29, 0.717) is 30.2 Å². The molecule has 218 valence electrons. The number of piperidine rings is 1. The van der Waals surface area contributed by atoms with Gasteiger partial charge in [0.1, 0.15) is 6.61 Å². The topological polar surface area (TPSA) is 69.7 Å². The van der Waals surface area contributed by atoms with Crippen LogP contribution < -0.4 is 18.9 Å². The number of hydrogen-bond donors (Lipinski definition) is 0. The number of nitrogens with zero attached hydrogens (tertiary/aromatic N) is 2. The quantitative estimate of drug-likeness (QED) is 0.441. The van der Waals surface area contributed by atoms with Gasteiger partial charge in [0, 0.05) is 32.8 Å². The van der Waals surface area contributed by atoms with Crippen LogP contribution in [0.25, 0.3) is 0 Å². The molecule has 0 spiro atoms. The number of rotatable bonds is 9. The molecule has 4 atom stereocenters. The Bertz CT molecular complexity index is 1220. The predicted molar refractivity (Wildman–Crippen MR) is 154 cm³/mol. The monoisotopic (exact) mass is 552 g/mol. The molecule has 2 aromatic carbocycles. The first-order chi connectivity index (χ1) is 19.5. The van der Waals surface area contributed by atoms with Crippen molar-refractivity contribution in [2.45, 2.75) is 51.1 Å². The highest BCUT2D eigenvalue weighted by Gasteiger charge is 2.42. The summed E-state index contributed by atoms with van der Waals surface area (Å²) < 4.78 is 27.9. The number of carbonyl (C=O) groups excluding carboxylic acids is 1. The number of methoxy groups -OCH3 is 5. The van der Waals surface area contributed by atoms with Crippen molar-refractivity contribution in [3.05, 3.63) is 46.5 Å². The molecule has 0 aromatic heterocycles. The van der Waals surface area contributed by atoms with Gasteiger partial charge in [-0.3, -0.25) is 9.69 Å². The highest BCUT2D eigenvalue weighted by atomic mass is 16.5. The summed E-state index contributed by atoms with van der Waals surface area (Å²) in [4.78, 5) is 18.0. The molecule has 3 aliphatic rings. The molecule has 40 heavy (non-hydrogen) atoms. The van der Waals surface area contributed by atoms with Crippen molar-refractivity contribution in [1.82, 2.24) is 9.80 Å². The first-order valence-corrected chi connectivity index (χ1v) is 14.5. The van der Waals surface area contributed by atoms with E-state index in [4.69, 9.17) is 23.7 Å². The van der Waals surface area contributed by atoms with Crippen LogP contribution in [-0.2, 0) is 22.4 Å². The van der Waals surface area contributed by atoms with Crippen LogP contribution in [0.1, 0.15) is 60.5 Å². The van der Waals surface area contributed by atoms with E-state index in [0.717, 1.165) is 62.4 Å². The molecule has 8 heteroatoms. The summed E-state index contributed by atoms with van der Waals surface area (Å²) in [6.07, 6.45) is 4.87. The van der Waals surface area contributed by atoms with Crippen LogP contribution in [0.4, 0.5) is 0 Å². The van der Waals surface area contributed by atoms with Crippen LogP contribution in [0, 0.1) is 11.8 Å². The van der Waals surface area contributed by atoms with Gasteiger partial charge in [-0.05, 0) is 84.0 Å². The fourth-order valence-corrected chi connectivity index (χ4v) is 7.33. The third-order valence-corrected chi connectivity index (χ3v) is 9.42. The van der Waals surface area contributed by atoms with E-state index in [2.05, 4.69) is 36.1 Å². The van der Waals surface area contributed by atoms with Gasteiger partial charge in [0.2, 0.25) is 5.91 Å². The van der Waals surface area contributed by atoms with E-state index in [-0.39, 0.29) is 18.6 Å². The van der Waals surface area contributed by atoms with E-state index in [9.17, 15) is 4.79 Å². The van der Waals surface area contributed by atoms with Crippen LogP contribution in [0.15, 0.2) is 24.3 Å². The van der Waals surface area contributed by atoms with Crippen LogP contribution >= 0.6 is 0 Å². The highest BCUT2D eigenvalue weighted by Crippen LogP contribution is 2.49. The van der Waals surface area contributed by atoms with Crippen molar-refractivity contribution in [2.24, 2.45) is 11.8 Å². The molecular weight excluding hydrogens is 508 g/mol. The second-order valence-corrected chi connectivity index (χ2v) is 11.3. The third kappa shape index (κ3) is 5.23. The smallest absolute Gasteiger partial charge is 0.249 e. The third-order valence-electron chi connectivity index (χ3n) is 9.42. The first kappa shape index (κ1) is 28.6. The lowest BCUT2D eigenvalue weighted by molar-refractivity contribution is -0.139. The van der Waals surface area contributed by atoms with Gasteiger partial charge < -0.3 is 28.6 Å². The summed E-state index contributed by atoms with van der Waals surface area (Å²) in [6.45, 7) is 5.19. The number of ether oxygens (including phenoxy) is 5. The van der Waals surface area contributed by atoms with E-state index in [1.807, 2.05) is 4.90 Å². The van der Waals surface area contributed by atoms with Crippen LogP contribution in [0.5, 0.6) is 23.0 Å². The molecular formula is C32H44N2O6. The second-order valence-electron chi connectivity index (χ2n) is 11.3. The molecule has 3 aliphatic heterocycles. The lowest BCUT2D eigenvalue weighted by atomic mass is 9.72. The maximum atomic E-state index is 13.3. The number of benzene rings is 2. The maximum absolute atomic E-state index is 13.3. The lowest BCUT2D eigenvalue weighted by Crippen LogP contribution is -2.48. The zero-order valence-corrected chi connectivity index (χ0v) is 24.8. The van der Waals surface area contributed by atoms with Crippen LogP contribution in [-0.4, -0.2) is 77.5 Å². The highest BCUT2D eigenvalue weighted by molar-refractivity contribution is 5.78. The standard InChI is InChI=1S/C32H44N2O6/c1-7-20-18-33-10-8-21-14-28(37-3)30(39-5)16-24(21)26(33)12-23(20)13-27-25-17-31(40-6)29(38-4)15-22(25)9-11-34(27)32(35)19-36-2/h14-17,20,23,26-27H,7-13,18-19H2,1-6H3/t20-,23+,26-,27+/m0/s1. The van der Waals surface area contributed by atoms with Gasteiger partial charge in [0.15, 0.2) is 23.0 Å². The van der Waals surface area contributed by atoms with Gasteiger partial charge in [-0.15, -0.1) is 0 Å². The normalized spacial score (nSPS) is 24.0. The van der Waals surface area contributed by atoms with E-state index < -0.39 is 0 Å². The Morgan fingerprint density at radius 2 is 1.38 bits per heavy atom. The first-order valence-electron chi connectivity index (χ1n) is 14.5. The number of hydrogen-bond acceptors (Lipinski definition) is 7. The van der Waals surface area contributed by atoms with Crippen LogP contribution in [0.2, 0.25) is 0 Å². The number of fused-ring (bicyclic) bond motifs is 4. The molecule has 1 amide bonds. The van der Waals surface area contributed by atoms with E-state index in [1.54, 1.807) is 35.5 Å². The minimum absolute atomic E-state index is 0.0368. The Morgan fingerprint density at radius 3 is 1.98 bits per heavy atom. The summed E-state index contributed by atoms with van der Waals surface area (Å²) in [6, 6.07) is 8.83. The Hall–Kier alpha value is -2.97. The van der Waals surface area contributed by atoms with Gasteiger partial charge in [0.25, 0.3) is 0 Å². The Kier molecular flexibility index (Phi) is 8.76. The predicted octanol–water partition coefficient (Wildman–Crippen LogP) is 4.83. The molecule has 0 bridgehead atoms. The summed E-state index contributed by atoms with van der Waals surface area (Å²) in [7, 11) is 8.33. The lowest BCUT2D eigenvalue weighted by Gasteiger charge is -2.49. The molecule has 0 unspecified atom stereocenters. The minimum atomic E-state index is -0.0368. The molecule has 2 aromatic rings. The Morgan fingerprint density at radius 1 is 0.800 bits per heavy atom. The van der Waals surface area contributed by atoms with Crippen molar-refractivity contribution in [2.75, 3.05) is 61.8 Å². The van der Waals surface area contributed by atoms with Crippen molar-refractivity contribution in [3.63, 3.8) is 0 Å². The molecule has 5 rings (SSSR count). The second kappa shape index (κ2) is 12.3. The molecule has 1 fully saturated rings. The number of amides is 1. The zero-order valence-electron chi connectivity index (χ0n) is 24.8. The van der Waals surface area contributed by atoms with Gasteiger partial charge in [-0.1, -0.05) is 13.3 Å². The Balaban J connectivity index is 1.50. The van der Waals surface area contributed by atoms with Gasteiger partial charge in [0.05, 0.1) is 34.5 Å². The van der Waals surface area contributed by atoms with Gasteiger partial charge >= 0.3 is 0 Å². The van der Waals surface area contributed by atoms with E-state index >= 15 is 0 Å². The van der Waals surface area contributed by atoms with Gasteiger partial charge in [-0.2, -0.15) is 0 Å². The largest absolute Gasteiger partial charge is 0.493 e. The minimum Gasteiger partial charge on any atom is -0.493 e. The maximum Gasteiger partial charge on any atom is 0.249 e. The van der Waals surface area contributed by atoms with Crippen LogP contribution in [0.3, 0.4) is 0 Å². The zero-order chi connectivity index (χ0) is 28.4. The van der Waals surface area contributed by atoms with Crippen molar-refractivity contribution in [1.29, 1.82) is 0 Å². The van der Waals surface area contributed by atoms with Crippen molar-refractivity contribution in [3.8, 4) is 23.0 Å². The molecule has 0 radical (unpaired) electrons. The fraction of sp³-hybridized carbons (Fsp3) is 0.594. The average Bonchev–Trinajstić information content (AvgIpc) is 2.99. The van der Waals surface area contributed by atoms with Crippen molar-refractivity contribution < 1.29 is 28.5 Å². The summed E-state index contributed by atoms with van der Waals surface area (Å²) in [5.74, 6) is 4.07. The SMILES string of the molecule is CC[C@H]1CN2CCc3cc(OC)c(OC)cc3[C@@H]2C[C@@H]1C[C@@H]1c2cc(OC)c(OC)cc2CCN1C(=O)COC. The van der Waals surface area contributed by atoms with Crippen molar-refractivity contribution >= 4 is 5.91 Å². The summed E-state index contributed by atoms with van der Waals surface area (Å²) in [5.41, 5.74) is 5.10. The van der Waals surface area contributed by atoms with E-state index in [1.165, 1.54) is 22.3 Å². The molecule has 0 saturated carbocycles. The fourth-order valence-electron chi connectivity index (χ4n) is 7.33. The molecule has 3 heterocycles. The molecule has 8 nitrogen and oxygen atoms in total. The molecule has 1 saturated heterocycles. The summed E-state index contributed by atoms with van der Waals surface area (Å²) >= 11 is 0. The average molecular weight is 553 g/mol. The van der Waals surface area contributed by atoms with Gasteiger partial charge in [-0.25, -0.2) is 0 Å². The molecule has 0 N–H and O–H groups in total. The number of carbonyl (C=O) groups is 1.